The minimum atomic E-state index is -1.41. The highest BCUT2D eigenvalue weighted by Gasteiger charge is 2.36. The summed E-state index contributed by atoms with van der Waals surface area (Å²) in [6.07, 6.45) is 2.42. The third-order valence-corrected chi connectivity index (χ3v) is 5.39. The summed E-state index contributed by atoms with van der Waals surface area (Å²) in [6, 6.07) is 14.2. The van der Waals surface area contributed by atoms with E-state index < -0.39 is 7.12 Å². The summed E-state index contributed by atoms with van der Waals surface area (Å²) in [7, 11) is -1.41. The number of benzene rings is 2. The lowest BCUT2D eigenvalue weighted by molar-refractivity contribution is 0.332. The predicted octanol–water partition coefficient (Wildman–Crippen LogP) is 3.38. The van der Waals surface area contributed by atoms with E-state index in [9.17, 15) is 10.0 Å². The van der Waals surface area contributed by atoms with Crippen LogP contribution in [0.2, 0.25) is 0 Å². The largest absolute Gasteiger partial charge is 0.488 e. The lowest BCUT2D eigenvalue weighted by Gasteiger charge is -2.42. The molecule has 2 aromatic rings. The van der Waals surface area contributed by atoms with E-state index in [2.05, 4.69) is 45.9 Å². The van der Waals surface area contributed by atoms with Gasteiger partial charge in [-0.3, -0.25) is 0 Å². The quantitative estimate of drug-likeness (QED) is 0.835. The molecular weight excluding hydrogens is 283 g/mol. The van der Waals surface area contributed by atoms with Crippen molar-refractivity contribution in [3.05, 3.63) is 53.6 Å². The van der Waals surface area contributed by atoms with Gasteiger partial charge in [0.05, 0.1) is 0 Å². The Morgan fingerprint density at radius 2 is 1.26 bits per heavy atom. The van der Waals surface area contributed by atoms with Gasteiger partial charge in [0.25, 0.3) is 0 Å². The average Bonchev–Trinajstić information content (AvgIpc) is 2.52. The molecule has 0 saturated heterocycles. The summed E-state index contributed by atoms with van der Waals surface area (Å²) in [5.41, 5.74) is 6.14. The number of hydrogen-bond donors (Lipinski definition) is 2. The van der Waals surface area contributed by atoms with E-state index in [1.165, 1.54) is 29.5 Å². The smallest absolute Gasteiger partial charge is 0.423 e. The highest BCUT2D eigenvalue weighted by atomic mass is 16.4. The second-order valence-electron chi connectivity index (χ2n) is 8.02. The third-order valence-electron chi connectivity index (χ3n) is 5.39. The molecule has 0 aromatic heterocycles. The normalized spacial score (nSPS) is 18.3. The zero-order valence-corrected chi connectivity index (χ0v) is 14.4. The van der Waals surface area contributed by atoms with Gasteiger partial charge >= 0.3 is 7.12 Å². The van der Waals surface area contributed by atoms with Crippen LogP contribution >= 0.6 is 0 Å². The van der Waals surface area contributed by atoms with Crippen LogP contribution in [0, 0.1) is 0 Å². The van der Waals surface area contributed by atoms with E-state index in [1.807, 2.05) is 12.1 Å². The molecule has 120 valence electrons. The standard InChI is InChI=1S/C20H25BO2/c1-19(2)11-12-20(3,4)18-13-15(7-10-17(18)19)14-5-8-16(9-6-14)21(22)23/h5-10,13,22-23H,11-12H2,1-4H3. The molecule has 0 amide bonds. The van der Waals surface area contributed by atoms with Crippen LogP contribution in [0.25, 0.3) is 11.1 Å². The van der Waals surface area contributed by atoms with Crippen molar-refractivity contribution < 1.29 is 10.0 Å². The maximum atomic E-state index is 9.23. The van der Waals surface area contributed by atoms with Crippen molar-refractivity contribution in [1.82, 2.24) is 0 Å². The van der Waals surface area contributed by atoms with Crippen LogP contribution in [-0.2, 0) is 10.8 Å². The zero-order chi connectivity index (χ0) is 16.8. The highest BCUT2D eigenvalue weighted by molar-refractivity contribution is 6.58. The van der Waals surface area contributed by atoms with Crippen molar-refractivity contribution in [1.29, 1.82) is 0 Å². The molecule has 0 spiro atoms. The molecule has 0 fully saturated rings. The fourth-order valence-corrected chi connectivity index (χ4v) is 3.62. The molecule has 2 aromatic carbocycles. The van der Waals surface area contributed by atoms with Crippen LogP contribution in [0.4, 0.5) is 0 Å². The first-order valence-corrected chi connectivity index (χ1v) is 8.32. The van der Waals surface area contributed by atoms with Crippen LogP contribution in [-0.4, -0.2) is 17.2 Å². The summed E-state index contributed by atoms with van der Waals surface area (Å²) in [6.45, 7) is 9.32. The second kappa shape index (κ2) is 5.50. The molecule has 0 bridgehead atoms. The Bertz CT molecular complexity index is 715. The van der Waals surface area contributed by atoms with E-state index in [4.69, 9.17) is 0 Å². The molecule has 0 saturated carbocycles. The van der Waals surface area contributed by atoms with Crippen LogP contribution in [0.3, 0.4) is 0 Å². The van der Waals surface area contributed by atoms with Crippen molar-refractivity contribution in [3.8, 4) is 11.1 Å². The molecule has 0 atom stereocenters. The van der Waals surface area contributed by atoms with Gasteiger partial charge in [-0.25, -0.2) is 0 Å². The molecule has 0 aliphatic heterocycles. The monoisotopic (exact) mass is 308 g/mol. The first-order chi connectivity index (χ1) is 10.7. The van der Waals surface area contributed by atoms with Gasteiger partial charge in [0.1, 0.15) is 0 Å². The Hall–Kier alpha value is -1.58. The average molecular weight is 308 g/mol. The number of fused-ring (bicyclic) bond motifs is 1. The van der Waals surface area contributed by atoms with Crippen molar-refractivity contribution in [2.75, 3.05) is 0 Å². The van der Waals surface area contributed by atoms with E-state index in [0.717, 1.165) is 5.56 Å². The van der Waals surface area contributed by atoms with E-state index in [0.29, 0.717) is 5.46 Å². The highest BCUT2D eigenvalue weighted by Crippen LogP contribution is 2.46. The van der Waals surface area contributed by atoms with Gasteiger partial charge in [0, 0.05) is 0 Å². The fourth-order valence-electron chi connectivity index (χ4n) is 3.62. The Morgan fingerprint density at radius 1 is 0.739 bits per heavy atom. The maximum Gasteiger partial charge on any atom is 0.488 e. The zero-order valence-electron chi connectivity index (χ0n) is 14.4. The molecular formula is C20H25BO2. The lowest BCUT2D eigenvalue weighted by atomic mass is 9.63. The van der Waals surface area contributed by atoms with Gasteiger partial charge in [-0.15, -0.1) is 0 Å². The minimum Gasteiger partial charge on any atom is -0.423 e. The summed E-state index contributed by atoms with van der Waals surface area (Å²) in [4.78, 5) is 0. The number of hydrogen-bond acceptors (Lipinski definition) is 2. The SMILES string of the molecule is CC1(C)CCC(C)(C)c2cc(-c3ccc(B(O)O)cc3)ccc21. The van der Waals surface area contributed by atoms with Crippen LogP contribution in [0.5, 0.6) is 0 Å². The van der Waals surface area contributed by atoms with Gasteiger partial charge in [-0.05, 0) is 51.4 Å². The van der Waals surface area contributed by atoms with Crippen molar-refractivity contribution in [2.24, 2.45) is 0 Å². The predicted molar refractivity (Wildman–Crippen MR) is 97.0 cm³/mol. The summed E-state index contributed by atoms with van der Waals surface area (Å²) in [5, 5.41) is 18.5. The molecule has 0 unspecified atom stereocenters. The Kier molecular flexibility index (Phi) is 3.90. The first-order valence-electron chi connectivity index (χ1n) is 8.32. The Labute approximate surface area is 139 Å². The van der Waals surface area contributed by atoms with Gasteiger partial charge in [0.2, 0.25) is 0 Å². The van der Waals surface area contributed by atoms with E-state index >= 15 is 0 Å². The lowest BCUT2D eigenvalue weighted by Crippen LogP contribution is -2.33. The van der Waals surface area contributed by atoms with E-state index in [1.54, 1.807) is 12.1 Å². The van der Waals surface area contributed by atoms with Crippen LogP contribution < -0.4 is 5.46 Å². The Morgan fingerprint density at radius 3 is 1.83 bits per heavy atom. The van der Waals surface area contributed by atoms with Gasteiger partial charge in [0.15, 0.2) is 0 Å². The molecule has 0 radical (unpaired) electrons. The third kappa shape index (κ3) is 2.96. The molecule has 1 aliphatic carbocycles. The van der Waals surface area contributed by atoms with Crippen LogP contribution in [0.1, 0.15) is 51.7 Å². The van der Waals surface area contributed by atoms with Crippen LogP contribution in [0.15, 0.2) is 42.5 Å². The van der Waals surface area contributed by atoms with Crippen molar-refractivity contribution >= 4 is 12.6 Å². The molecule has 1 aliphatic rings. The minimum absolute atomic E-state index is 0.197. The topological polar surface area (TPSA) is 40.5 Å². The van der Waals surface area contributed by atoms with Gasteiger partial charge in [-0.2, -0.15) is 0 Å². The maximum absolute atomic E-state index is 9.23. The molecule has 3 heteroatoms. The molecule has 23 heavy (non-hydrogen) atoms. The molecule has 3 rings (SSSR count). The summed E-state index contributed by atoms with van der Waals surface area (Å²) in [5.74, 6) is 0. The number of rotatable bonds is 2. The van der Waals surface area contributed by atoms with Gasteiger partial charge < -0.3 is 10.0 Å². The fraction of sp³-hybridized carbons (Fsp3) is 0.400. The Balaban J connectivity index is 2.06. The first kappa shape index (κ1) is 16.3. The second-order valence-corrected chi connectivity index (χ2v) is 8.02. The molecule has 0 heterocycles. The molecule has 2 N–H and O–H groups in total. The van der Waals surface area contributed by atoms with Gasteiger partial charge in [-0.1, -0.05) is 70.2 Å². The summed E-state index contributed by atoms with van der Waals surface area (Å²) >= 11 is 0. The van der Waals surface area contributed by atoms with E-state index in [-0.39, 0.29) is 10.8 Å². The summed E-state index contributed by atoms with van der Waals surface area (Å²) < 4.78 is 0. The molecule has 2 nitrogen and oxygen atoms in total. The van der Waals surface area contributed by atoms with Crippen molar-refractivity contribution in [2.45, 2.75) is 51.4 Å². The van der Waals surface area contributed by atoms with Crippen molar-refractivity contribution in [3.63, 3.8) is 0 Å².